The Hall–Kier alpha value is -2.34. The lowest BCUT2D eigenvalue weighted by molar-refractivity contribution is -0.120. The first-order chi connectivity index (χ1) is 14.1. The number of carbonyl (C=O) groups is 1. The lowest BCUT2D eigenvalue weighted by atomic mass is 9.98. The van der Waals surface area contributed by atoms with Crippen molar-refractivity contribution in [2.75, 3.05) is 31.1 Å². The molecule has 1 unspecified atom stereocenters. The fraction of sp³-hybridized carbons (Fsp3) is 0.565. The topological polar surface area (TPSA) is 63.0 Å². The molecule has 4 rings (SSSR count). The van der Waals surface area contributed by atoms with Gasteiger partial charge in [-0.1, -0.05) is 13.3 Å². The lowest BCUT2D eigenvalue weighted by Gasteiger charge is -2.35. The smallest absolute Gasteiger partial charge is 0.360 e. The van der Waals surface area contributed by atoms with Crippen LogP contribution in [0.2, 0.25) is 0 Å². The molecular formula is C23H30N2O4. The summed E-state index contributed by atoms with van der Waals surface area (Å²) in [5, 5.41) is 0.872. The van der Waals surface area contributed by atoms with Gasteiger partial charge in [0.2, 0.25) is 5.91 Å². The molecule has 0 bridgehead atoms. The van der Waals surface area contributed by atoms with E-state index in [9.17, 15) is 9.59 Å². The summed E-state index contributed by atoms with van der Waals surface area (Å²) in [6, 6.07) is 5.96. The summed E-state index contributed by atoms with van der Waals surface area (Å²) in [5.41, 5.74) is 1.46. The van der Waals surface area contributed by atoms with Gasteiger partial charge in [0.1, 0.15) is 17.0 Å². The van der Waals surface area contributed by atoms with Gasteiger partial charge in [-0.05, 0) is 69.3 Å². The third kappa shape index (κ3) is 4.04. The molecule has 2 aliphatic heterocycles. The van der Waals surface area contributed by atoms with Crippen LogP contribution < -0.4 is 15.3 Å². The molecule has 1 fully saturated rings. The van der Waals surface area contributed by atoms with Crippen LogP contribution in [0.15, 0.2) is 27.4 Å². The molecule has 0 spiro atoms. The van der Waals surface area contributed by atoms with E-state index in [-0.39, 0.29) is 5.91 Å². The molecule has 1 amide bonds. The molecule has 1 atom stereocenters. The fourth-order valence-electron chi connectivity index (χ4n) is 4.50. The maximum atomic E-state index is 13.2. The van der Waals surface area contributed by atoms with Crippen LogP contribution in [-0.4, -0.2) is 43.1 Å². The predicted octanol–water partition coefficient (Wildman–Crippen LogP) is 3.74. The normalized spacial score (nSPS) is 19.9. The van der Waals surface area contributed by atoms with E-state index < -0.39 is 5.63 Å². The molecule has 3 heterocycles. The zero-order valence-electron chi connectivity index (χ0n) is 17.4. The Morgan fingerprint density at radius 1 is 1.24 bits per heavy atom. The summed E-state index contributed by atoms with van der Waals surface area (Å²) in [7, 11) is 0. The molecule has 2 aromatic rings. The number of hydrogen-bond acceptors (Lipinski definition) is 5. The van der Waals surface area contributed by atoms with Gasteiger partial charge in [0.15, 0.2) is 0 Å². The number of hydrogen-bond donors (Lipinski definition) is 0. The molecule has 156 valence electrons. The largest absolute Gasteiger partial charge is 0.494 e. The highest BCUT2D eigenvalue weighted by molar-refractivity contribution is 5.98. The number of rotatable bonds is 5. The van der Waals surface area contributed by atoms with Crippen molar-refractivity contribution in [2.45, 2.75) is 58.4 Å². The molecule has 0 saturated carbocycles. The number of anilines is 1. The number of likely N-dealkylation sites (tertiary alicyclic amines) is 1. The molecule has 0 aliphatic carbocycles. The minimum atomic E-state index is -0.422. The van der Waals surface area contributed by atoms with E-state index in [1.165, 1.54) is 6.42 Å². The number of ether oxygens (including phenoxy) is 1. The summed E-state index contributed by atoms with van der Waals surface area (Å²) in [6.45, 7) is 6.75. The Morgan fingerprint density at radius 3 is 2.90 bits per heavy atom. The molecule has 1 aromatic carbocycles. The van der Waals surface area contributed by atoms with Gasteiger partial charge in [0.05, 0.1) is 13.2 Å². The molecule has 6 heteroatoms. The molecule has 1 saturated heterocycles. The van der Waals surface area contributed by atoms with Crippen LogP contribution in [-0.2, 0) is 11.2 Å². The van der Waals surface area contributed by atoms with E-state index in [2.05, 4.69) is 18.7 Å². The summed E-state index contributed by atoms with van der Waals surface area (Å²) < 4.78 is 11.4. The highest BCUT2D eigenvalue weighted by Gasteiger charge is 2.30. The molecule has 0 radical (unpaired) electrons. The van der Waals surface area contributed by atoms with Gasteiger partial charge in [-0.2, -0.15) is 0 Å². The average molecular weight is 399 g/mol. The van der Waals surface area contributed by atoms with Crippen LogP contribution in [0.3, 0.4) is 0 Å². The van der Waals surface area contributed by atoms with Crippen LogP contribution in [0, 0.1) is 0 Å². The monoisotopic (exact) mass is 398 g/mol. The zero-order valence-corrected chi connectivity index (χ0v) is 17.4. The summed E-state index contributed by atoms with van der Waals surface area (Å²) in [4.78, 5) is 29.8. The van der Waals surface area contributed by atoms with E-state index in [1.54, 1.807) is 11.0 Å². The number of benzene rings is 1. The number of fused-ring (bicyclic) bond motifs is 3. The van der Waals surface area contributed by atoms with Gasteiger partial charge in [-0.3, -0.25) is 9.69 Å². The Labute approximate surface area is 171 Å². The van der Waals surface area contributed by atoms with Gasteiger partial charge in [-0.25, -0.2) is 4.79 Å². The third-order valence-corrected chi connectivity index (χ3v) is 6.09. The second kappa shape index (κ2) is 8.57. The van der Waals surface area contributed by atoms with Crippen molar-refractivity contribution >= 4 is 22.6 Å². The minimum absolute atomic E-state index is 0.00950. The summed E-state index contributed by atoms with van der Waals surface area (Å²) >= 11 is 0. The standard InChI is InChI=1S/C23H30N2O4/c1-3-13-28-17-9-10-20-19(14-17)18-8-6-12-25(22(18)23(27)29-20)21(26)15-24-11-5-4-7-16(24)2/h9-10,14,16H,3-8,11-13,15H2,1-2H3. The maximum Gasteiger partial charge on any atom is 0.360 e. The molecular weight excluding hydrogens is 368 g/mol. The zero-order chi connectivity index (χ0) is 20.4. The first-order valence-corrected chi connectivity index (χ1v) is 10.9. The molecule has 2 aliphatic rings. The van der Waals surface area contributed by atoms with E-state index in [1.807, 2.05) is 12.1 Å². The number of amides is 1. The summed E-state index contributed by atoms with van der Waals surface area (Å²) in [6.07, 6.45) is 6.00. The van der Waals surface area contributed by atoms with Crippen molar-refractivity contribution in [1.29, 1.82) is 0 Å². The van der Waals surface area contributed by atoms with Gasteiger partial charge < -0.3 is 14.1 Å². The lowest BCUT2D eigenvalue weighted by Crippen LogP contribution is -2.48. The minimum Gasteiger partial charge on any atom is -0.494 e. The first kappa shape index (κ1) is 20.0. The van der Waals surface area contributed by atoms with Crippen molar-refractivity contribution in [3.63, 3.8) is 0 Å². The average Bonchev–Trinajstić information content (AvgIpc) is 2.73. The quantitative estimate of drug-likeness (QED) is 0.718. The Morgan fingerprint density at radius 2 is 2.10 bits per heavy atom. The Kier molecular flexibility index (Phi) is 5.90. The van der Waals surface area contributed by atoms with E-state index in [0.29, 0.717) is 37.0 Å². The van der Waals surface area contributed by atoms with Crippen LogP contribution in [0.25, 0.3) is 11.0 Å². The van der Waals surface area contributed by atoms with E-state index in [4.69, 9.17) is 9.15 Å². The third-order valence-electron chi connectivity index (χ3n) is 6.09. The van der Waals surface area contributed by atoms with Crippen molar-refractivity contribution in [2.24, 2.45) is 0 Å². The second-order valence-electron chi connectivity index (χ2n) is 8.19. The molecule has 0 N–H and O–H groups in total. The van der Waals surface area contributed by atoms with Gasteiger partial charge in [0.25, 0.3) is 0 Å². The Bertz CT molecular complexity index is 952. The van der Waals surface area contributed by atoms with Gasteiger partial charge in [-0.15, -0.1) is 0 Å². The summed E-state index contributed by atoms with van der Waals surface area (Å²) in [5.74, 6) is 0.755. The van der Waals surface area contributed by atoms with Gasteiger partial charge >= 0.3 is 5.63 Å². The highest BCUT2D eigenvalue weighted by Crippen LogP contribution is 2.33. The predicted molar refractivity (Wildman–Crippen MR) is 114 cm³/mol. The van der Waals surface area contributed by atoms with Crippen LogP contribution >= 0.6 is 0 Å². The van der Waals surface area contributed by atoms with E-state index in [0.717, 1.165) is 55.3 Å². The van der Waals surface area contributed by atoms with Crippen LogP contribution in [0.1, 0.15) is 51.5 Å². The fourth-order valence-corrected chi connectivity index (χ4v) is 4.50. The number of piperidine rings is 1. The van der Waals surface area contributed by atoms with Crippen molar-refractivity contribution in [3.05, 3.63) is 34.2 Å². The SMILES string of the molecule is CCCOc1ccc2oc(=O)c3c(c2c1)CCCN3C(=O)CN1CCCCC1C. The second-order valence-corrected chi connectivity index (χ2v) is 8.19. The number of nitrogens with zero attached hydrogens (tertiary/aromatic N) is 2. The maximum absolute atomic E-state index is 13.2. The van der Waals surface area contributed by atoms with Crippen LogP contribution in [0.4, 0.5) is 5.69 Å². The van der Waals surface area contributed by atoms with Crippen molar-refractivity contribution < 1.29 is 13.9 Å². The van der Waals surface area contributed by atoms with Gasteiger partial charge in [0, 0.05) is 18.0 Å². The molecule has 1 aromatic heterocycles. The van der Waals surface area contributed by atoms with E-state index >= 15 is 0 Å². The van der Waals surface area contributed by atoms with Crippen molar-refractivity contribution in [3.8, 4) is 5.75 Å². The first-order valence-electron chi connectivity index (χ1n) is 10.9. The number of aryl methyl sites for hydroxylation is 1. The molecule has 6 nitrogen and oxygen atoms in total. The van der Waals surface area contributed by atoms with Crippen LogP contribution in [0.5, 0.6) is 5.75 Å². The highest BCUT2D eigenvalue weighted by atomic mass is 16.5. The molecule has 29 heavy (non-hydrogen) atoms. The van der Waals surface area contributed by atoms with Crippen molar-refractivity contribution in [1.82, 2.24) is 4.90 Å². The Balaban J connectivity index is 1.67. The number of carbonyl (C=O) groups excluding carboxylic acids is 1.